The quantitative estimate of drug-likeness (QED) is 0.792. The summed E-state index contributed by atoms with van der Waals surface area (Å²) < 4.78 is 26.6. The molecule has 0 bridgehead atoms. The summed E-state index contributed by atoms with van der Waals surface area (Å²) in [7, 11) is 0. The fourth-order valence-electron chi connectivity index (χ4n) is 2.31. The van der Waals surface area contributed by atoms with E-state index in [9.17, 15) is 8.78 Å². The van der Waals surface area contributed by atoms with Crippen LogP contribution in [0.3, 0.4) is 0 Å². The van der Waals surface area contributed by atoms with Crippen molar-refractivity contribution in [2.75, 3.05) is 6.54 Å². The van der Waals surface area contributed by atoms with Gasteiger partial charge in [-0.1, -0.05) is 13.3 Å². The van der Waals surface area contributed by atoms with Crippen LogP contribution in [0.1, 0.15) is 31.4 Å². The van der Waals surface area contributed by atoms with Crippen LogP contribution >= 0.6 is 0 Å². The zero-order chi connectivity index (χ0) is 10.8. The molecule has 82 valence electrons. The van der Waals surface area contributed by atoms with Crippen LogP contribution in [0, 0.1) is 17.6 Å². The molecule has 2 atom stereocenters. The Labute approximate surface area is 88.5 Å². The van der Waals surface area contributed by atoms with Gasteiger partial charge in [-0.15, -0.1) is 0 Å². The molecule has 2 unspecified atom stereocenters. The summed E-state index contributed by atoms with van der Waals surface area (Å²) in [6, 6.07) is 3.65. The van der Waals surface area contributed by atoms with Crippen molar-refractivity contribution in [3.05, 3.63) is 35.4 Å². The fourth-order valence-corrected chi connectivity index (χ4v) is 2.31. The molecular formula is C12H15F2N. The van der Waals surface area contributed by atoms with Crippen LogP contribution in [0.5, 0.6) is 0 Å². The second kappa shape index (κ2) is 4.27. The molecule has 1 aliphatic rings. The number of hydrogen-bond donors (Lipinski definition) is 1. The first-order valence-corrected chi connectivity index (χ1v) is 5.40. The summed E-state index contributed by atoms with van der Waals surface area (Å²) >= 11 is 0. The van der Waals surface area contributed by atoms with E-state index >= 15 is 0 Å². The number of rotatable bonds is 2. The SMILES string of the molecule is CCC1CCNC1c1cc(F)ccc1F. The van der Waals surface area contributed by atoms with Crippen molar-refractivity contribution in [1.29, 1.82) is 0 Å². The molecule has 3 heteroatoms. The lowest BCUT2D eigenvalue weighted by Gasteiger charge is -2.19. The normalized spacial score (nSPS) is 25.8. The molecule has 0 radical (unpaired) electrons. The second-order valence-electron chi connectivity index (χ2n) is 4.05. The molecule has 0 spiro atoms. The highest BCUT2D eigenvalue weighted by atomic mass is 19.1. The maximum absolute atomic E-state index is 13.5. The van der Waals surface area contributed by atoms with Gasteiger partial charge in [0.25, 0.3) is 0 Å². The molecule has 0 saturated carbocycles. The van der Waals surface area contributed by atoms with E-state index in [-0.39, 0.29) is 17.7 Å². The third-order valence-corrected chi connectivity index (χ3v) is 3.17. The van der Waals surface area contributed by atoms with Gasteiger partial charge in [0.1, 0.15) is 11.6 Å². The minimum absolute atomic E-state index is 0.0225. The molecule has 1 nitrogen and oxygen atoms in total. The maximum Gasteiger partial charge on any atom is 0.128 e. The van der Waals surface area contributed by atoms with Crippen LogP contribution in [0.25, 0.3) is 0 Å². The minimum atomic E-state index is -0.366. The Morgan fingerprint density at radius 1 is 1.40 bits per heavy atom. The van der Waals surface area contributed by atoms with Gasteiger partial charge in [-0.05, 0) is 37.1 Å². The second-order valence-corrected chi connectivity index (χ2v) is 4.05. The van der Waals surface area contributed by atoms with E-state index in [0.717, 1.165) is 25.5 Å². The third-order valence-electron chi connectivity index (χ3n) is 3.17. The summed E-state index contributed by atoms with van der Waals surface area (Å²) in [6.45, 7) is 2.97. The van der Waals surface area contributed by atoms with Crippen molar-refractivity contribution >= 4 is 0 Å². The van der Waals surface area contributed by atoms with E-state index in [2.05, 4.69) is 12.2 Å². The third kappa shape index (κ3) is 2.02. The Bertz CT molecular complexity index is 351. The smallest absolute Gasteiger partial charge is 0.128 e. The topological polar surface area (TPSA) is 12.0 Å². The first-order valence-electron chi connectivity index (χ1n) is 5.40. The van der Waals surface area contributed by atoms with Crippen molar-refractivity contribution in [3.63, 3.8) is 0 Å². The molecule has 2 rings (SSSR count). The Morgan fingerprint density at radius 3 is 2.93 bits per heavy atom. The van der Waals surface area contributed by atoms with Gasteiger partial charge in [-0.25, -0.2) is 8.78 Å². The van der Waals surface area contributed by atoms with E-state index in [1.807, 2.05) is 0 Å². The van der Waals surface area contributed by atoms with Crippen LogP contribution in [-0.2, 0) is 0 Å². The molecular weight excluding hydrogens is 196 g/mol. The summed E-state index contributed by atoms with van der Waals surface area (Å²) in [6.07, 6.45) is 2.03. The summed E-state index contributed by atoms with van der Waals surface area (Å²) in [5, 5.41) is 3.24. The first-order chi connectivity index (χ1) is 7.22. The Hall–Kier alpha value is -0.960. The van der Waals surface area contributed by atoms with Gasteiger partial charge in [0.2, 0.25) is 0 Å². The molecule has 15 heavy (non-hydrogen) atoms. The number of halogens is 2. The molecule has 0 amide bonds. The van der Waals surface area contributed by atoms with Gasteiger partial charge in [0.05, 0.1) is 0 Å². The average Bonchev–Trinajstić information content (AvgIpc) is 2.69. The van der Waals surface area contributed by atoms with E-state index in [1.54, 1.807) is 0 Å². The van der Waals surface area contributed by atoms with Gasteiger partial charge in [0.15, 0.2) is 0 Å². The van der Waals surface area contributed by atoms with E-state index < -0.39 is 0 Å². The highest BCUT2D eigenvalue weighted by Gasteiger charge is 2.28. The lowest BCUT2D eigenvalue weighted by molar-refractivity contribution is 0.429. The lowest BCUT2D eigenvalue weighted by Crippen LogP contribution is -2.19. The molecule has 1 N–H and O–H groups in total. The first kappa shape index (κ1) is 10.6. The summed E-state index contributed by atoms with van der Waals surface area (Å²) in [5.74, 6) is -0.259. The zero-order valence-corrected chi connectivity index (χ0v) is 8.76. The Balaban J connectivity index is 2.31. The van der Waals surface area contributed by atoms with Crippen molar-refractivity contribution in [2.45, 2.75) is 25.8 Å². The summed E-state index contributed by atoms with van der Waals surface area (Å²) in [5.41, 5.74) is 0.472. The number of benzene rings is 1. The molecule has 1 heterocycles. The molecule has 1 aromatic rings. The van der Waals surface area contributed by atoms with Gasteiger partial charge in [0, 0.05) is 11.6 Å². The molecule has 1 aliphatic heterocycles. The predicted molar refractivity (Wildman–Crippen MR) is 55.5 cm³/mol. The molecule has 0 aromatic heterocycles. The lowest BCUT2D eigenvalue weighted by atomic mass is 9.92. The largest absolute Gasteiger partial charge is 0.310 e. The Morgan fingerprint density at radius 2 is 2.20 bits per heavy atom. The molecule has 1 saturated heterocycles. The average molecular weight is 211 g/mol. The minimum Gasteiger partial charge on any atom is -0.310 e. The van der Waals surface area contributed by atoms with Gasteiger partial charge in [-0.3, -0.25) is 0 Å². The van der Waals surface area contributed by atoms with Crippen molar-refractivity contribution in [2.24, 2.45) is 5.92 Å². The van der Waals surface area contributed by atoms with Crippen molar-refractivity contribution < 1.29 is 8.78 Å². The Kier molecular flexibility index (Phi) is 3.00. The van der Waals surface area contributed by atoms with Crippen molar-refractivity contribution in [1.82, 2.24) is 5.32 Å². The number of nitrogens with one attached hydrogen (secondary N) is 1. The molecule has 0 aliphatic carbocycles. The zero-order valence-electron chi connectivity index (χ0n) is 8.76. The van der Waals surface area contributed by atoms with E-state index in [1.165, 1.54) is 12.1 Å². The highest BCUT2D eigenvalue weighted by molar-refractivity contribution is 5.24. The van der Waals surface area contributed by atoms with Gasteiger partial charge in [-0.2, -0.15) is 0 Å². The van der Waals surface area contributed by atoms with E-state index in [0.29, 0.717) is 11.5 Å². The number of hydrogen-bond acceptors (Lipinski definition) is 1. The summed E-state index contributed by atoms with van der Waals surface area (Å²) in [4.78, 5) is 0. The highest BCUT2D eigenvalue weighted by Crippen LogP contribution is 2.33. The molecule has 1 fully saturated rings. The monoisotopic (exact) mass is 211 g/mol. The predicted octanol–water partition coefficient (Wildman–Crippen LogP) is 3.03. The van der Waals surface area contributed by atoms with Crippen LogP contribution in [-0.4, -0.2) is 6.54 Å². The maximum atomic E-state index is 13.5. The van der Waals surface area contributed by atoms with Crippen LogP contribution in [0.2, 0.25) is 0 Å². The van der Waals surface area contributed by atoms with Crippen molar-refractivity contribution in [3.8, 4) is 0 Å². The van der Waals surface area contributed by atoms with Gasteiger partial charge < -0.3 is 5.32 Å². The standard InChI is InChI=1S/C12H15F2N/c1-2-8-5-6-15-12(8)10-7-9(13)3-4-11(10)14/h3-4,7-8,12,15H,2,5-6H2,1H3. The fraction of sp³-hybridized carbons (Fsp3) is 0.500. The van der Waals surface area contributed by atoms with Crippen LogP contribution in [0.15, 0.2) is 18.2 Å². The van der Waals surface area contributed by atoms with E-state index in [4.69, 9.17) is 0 Å². The molecule has 1 aromatic carbocycles. The van der Waals surface area contributed by atoms with Crippen LogP contribution < -0.4 is 5.32 Å². The van der Waals surface area contributed by atoms with Crippen LogP contribution in [0.4, 0.5) is 8.78 Å². The van der Waals surface area contributed by atoms with Gasteiger partial charge >= 0.3 is 0 Å².